The van der Waals surface area contributed by atoms with Crippen molar-refractivity contribution in [2.24, 2.45) is 0 Å². The van der Waals surface area contributed by atoms with E-state index in [1.54, 1.807) is 10.9 Å². The van der Waals surface area contributed by atoms with Crippen molar-refractivity contribution in [1.29, 1.82) is 0 Å². The van der Waals surface area contributed by atoms with Crippen molar-refractivity contribution < 1.29 is 4.79 Å². The summed E-state index contributed by atoms with van der Waals surface area (Å²) in [6.07, 6.45) is 0. The fraction of sp³-hybridized carbons (Fsp3) is 0.286. The fourth-order valence-electron chi connectivity index (χ4n) is 2.32. The van der Waals surface area contributed by atoms with E-state index in [-0.39, 0.29) is 5.91 Å². The van der Waals surface area contributed by atoms with E-state index >= 15 is 0 Å². The lowest BCUT2D eigenvalue weighted by Crippen LogP contribution is -2.48. The molecule has 4 nitrogen and oxygen atoms in total. The molecule has 1 saturated heterocycles. The van der Waals surface area contributed by atoms with Crippen molar-refractivity contribution >= 4 is 34.5 Å². The summed E-state index contributed by atoms with van der Waals surface area (Å²) in [5, 5.41) is 2.54. The topological polar surface area (TPSA) is 36.4 Å². The molecule has 0 bridgehead atoms. The number of carbonyl (C=O) groups is 1. The molecule has 1 amide bonds. The van der Waals surface area contributed by atoms with Crippen molar-refractivity contribution in [3.05, 3.63) is 45.9 Å². The number of carbonyl (C=O) groups excluding carboxylic acids is 1. The van der Waals surface area contributed by atoms with Gasteiger partial charge >= 0.3 is 0 Å². The molecule has 1 aliphatic heterocycles. The highest BCUT2D eigenvalue weighted by Gasteiger charge is 2.23. The number of hydrogen-bond acceptors (Lipinski definition) is 4. The molecule has 0 spiro atoms. The van der Waals surface area contributed by atoms with E-state index in [4.69, 9.17) is 11.6 Å². The highest BCUT2D eigenvalue weighted by atomic mass is 35.5. The van der Waals surface area contributed by atoms with Gasteiger partial charge in [0.15, 0.2) is 0 Å². The van der Waals surface area contributed by atoms with Crippen molar-refractivity contribution in [1.82, 2.24) is 9.88 Å². The van der Waals surface area contributed by atoms with Crippen molar-refractivity contribution in [3.8, 4) is 0 Å². The third kappa shape index (κ3) is 2.78. The van der Waals surface area contributed by atoms with Crippen LogP contribution in [0, 0.1) is 0 Å². The molecule has 2 aromatic rings. The van der Waals surface area contributed by atoms with Gasteiger partial charge in [-0.15, -0.1) is 11.3 Å². The second-order valence-electron chi connectivity index (χ2n) is 4.63. The van der Waals surface area contributed by atoms with Crippen molar-refractivity contribution in [3.63, 3.8) is 0 Å². The minimum absolute atomic E-state index is 0.0250. The minimum Gasteiger partial charge on any atom is -0.368 e. The monoisotopic (exact) mass is 307 g/mol. The predicted molar refractivity (Wildman–Crippen MR) is 81.7 cm³/mol. The number of halogens is 1. The van der Waals surface area contributed by atoms with Crippen LogP contribution in [0.2, 0.25) is 5.02 Å². The maximum Gasteiger partial charge on any atom is 0.273 e. The zero-order valence-electron chi connectivity index (χ0n) is 10.8. The first kappa shape index (κ1) is 13.4. The van der Waals surface area contributed by atoms with E-state index < -0.39 is 0 Å². The lowest BCUT2D eigenvalue weighted by molar-refractivity contribution is 0.0741. The summed E-state index contributed by atoms with van der Waals surface area (Å²) in [6.45, 7) is 3.05. The third-order valence-electron chi connectivity index (χ3n) is 3.39. The van der Waals surface area contributed by atoms with Crippen LogP contribution in [-0.4, -0.2) is 42.0 Å². The summed E-state index contributed by atoms with van der Waals surface area (Å²) in [7, 11) is 0. The molecular formula is C14H14ClN3OS. The second-order valence-corrected chi connectivity index (χ2v) is 5.79. The van der Waals surface area contributed by atoms with Crippen LogP contribution in [0.25, 0.3) is 0 Å². The van der Waals surface area contributed by atoms with Crippen molar-refractivity contribution in [2.45, 2.75) is 0 Å². The Labute approximate surface area is 126 Å². The molecule has 1 aromatic carbocycles. The maximum atomic E-state index is 12.2. The van der Waals surface area contributed by atoms with Gasteiger partial charge in [0.05, 0.1) is 5.51 Å². The molecule has 104 valence electrons. The first-order valence-corrected chi connectivity index (χ1v) is 7.74. The zero-order chi connectivity index (χ0) is 13.9. The summed E-state index contributed by atoms with van der Waals surface area (Å²) in [6, 6.07) is 7.82. The fourth-order valence-corrected chi connectivity index (χ4v) is 3.03. The number of anilines is 1. The molecular weight excluding hydrogens is 294 g/mol. The van der Waals surface area contributed by atoms with Gasteiger partial charge in [-0.1, -0.05) is 17.7 Å². The van der Waals surface area contributed by atoms with E-state index in [1.165, 1.54) is 11.3 Å². The number of rotatable bonds is 2. The van der Waals surface area contributed by atoms with E-state index in [2.05, 4.69) is 9.88 Å². The molecule has 1 aliphatic rings. The van der Waals surface area contributed by atoms with Crippen LogP contribution >= 0.6 is 22.9 Å². The smallest absolute Gasteiger partial charge is 0.273 e. The molecule has 0 atom stereocenters. The summed E-state index contributed by atoms with van der Waals surface area (Å²) >= 11 is 7.46. The normalized spacial score (nSPS) is 15.4. The quantitative estimate of drug-likeness (QED) is 0.856. The van der Waals surface area contributed by atoms with Crippen LogP contribution in [0.15, 0.2) is 35.2 Å². The average Bonchev–Trinajstić information content (AvgIpc) is 3.01. The summed E-state index contributed by atoms with van der Waals surface area (Å²) < 4.78 is 0. The molecule has 2 heterocycles. The minimum atomic E-state index is 0.0250. The molecule has 1 fully saturated rings. The van der Waals surface area contributed by atoms with E-state index in [1.807, 2.05) is 29.2 Å². The van der Waals surface area contributed by atoms with Crippen LogP contribution < -0.4 is 4.90 Å². The molecule has 3 rings (SSSR count). The van der Waals surface area contributed by atoms with Gasteiger partial charge in [-0.3, -0.25) is 4.79 Å². The van der Waals surface area contributed by atoms with E-state index in [0.29, 0.717) is 18.8 Å². The van der Waals surface area contributed by atoms with Crippen LogP contribution in [0.5, 0.6) is 0 Å². The Balaban J connectivity index is 1.64. The second kappa shape index (κ2) is 5.81. The van der Waals surface area contributed by atoms with Gasteiger partial charge in [0.25, 0.3) is 5.91 Å². The Morgan fingerprint density at radius 2 is 2.05 bits per heavy atom. The van der Waals surface area contributed by atoms with Crippen LogP contribution in [0.3, 0.4) is 0 Å². The van der Waals surface area contributed by atoms with Gasteiger partial charge in [0.1, 0.15) is 5.69 Å². The first-order valence-electron chi connectivity index (χ1n) is 6.42. The largest absolute Gasteiger partial charge is 0.368 e. The molecule has 0 aliphatic carbocycles. The zero-order valence-corrected chi connectivity index (χ0v) is 12.4. The predicted octanol–water partition coefficient (Wildman–Crippen LogP) is 2.76. The van der Waals surface area contributed by atoms with Crippen molar-refractivity contribution in [2.75, 3.05) is 31.1 Å². The first-order chi connectivity index (χ1) is 9.74. The molecule has 20 heavy (non-hydrogen) atoms. The molecule has 0 radical (unpaired) electrons. The van der Waals surface area contributed by atoms with E-state index in [0.717, 1.165) is 23.8 Å². The number of hydrogen-bond donors (Lipinski definition) is 0. The standard InChI is InChI=1S/C14H14ClN3OS/c15-11-2-1-3-12(8-11)17-4-6-18(7-5-17)14(19)13-9-20-10-16-13/h1-3,8-10H,4-7H2. The highest BCUT2D eigenvalue weighted by molar-refractivity contribution is 7.07. The van der Waals surface area contributed by atoms with Crippen LogP contribution in [0.4, 0.5) is 5.69 Å². The summed E-state index contributed by atoms with van der Waals surface area (Å²) in [5.74, 6) is 0.0250. The number of nitrogens with zero attached hydrogens (tertiary/aromatic N) is 3. The van der Waals surface area contributed by atoms with E-state index in [9.17, 15) is 4.79 Å². The van der Waals surface area contributed by atoms with Crippen LogP contribution in [-0.2, 0) is 0 Å². The van der Waals surface area contributed by atoms with Gasteiger partial charge in [0.2, 0.25) is 0 Å². The number of piperazine rings is 1. The number of thiazole rings is 1. The SMILES string of the molecule is O=C(c1cscn1)N1CCN(c2cccc(Cl)c2)CC1. The Morgan fingerprint density at radius 1 is 1.25 bits per heavy atom. The average molecular weight is 308 g/mol. The van der Waals surface area contributed by atoms with Crippen LogP contribution in [0.1, 0.15) is 10.5 Å². The Kier molecular flexibility index (Phi) is 3.89. The van der Waals surface area contributed by atoms with Gasteiger partial charge in [-0.05, 0) is 18.2 Å². The summed E-state index contributed by atoms with van der Waals surface area (Å²) in [5.41, 5.74) is 3.35. The molecule has 6 heteroatoms. The number of benzene rings is 1. The lowest BCUT2D eigenvalue weighted by atomic mass is 10.2. The highest BCUT2D eigenvalue weighted by Crippen LogP contribution is 2.21. The number of aromatic nitrogens is 1. The Bertz CT molecular complexity index is 594. The molecule has 0 saturated carbocycles. The summed E-state index contributed by atoms with van der Waals surface area (Å²) in [4.78, 5) is 20.4. The van der Waals surface area contributed by atoms with Gasteiger partial charge < -0.3 is 9.80 Å². The maximum absolute atomic E-state index is 12.2. The molecule has 0 N–H and O–H groups in total. The molecule has 1 aromatic heterocycles. The van der Waals surface area contributed by atoms with Gasteiger partial charge in [0, 0.05) is 42.3 Å². The lowest BCUT2D eigenvalue weighted by Gasteiger charge is -2.35. The van der Waals surface area contributed by atoms with Gasteiger partial charge in [-0.2, -0.15) is 0 Å². The van der Waals surface area contributed by atoms with Gasteiger partial charge in [-0.25, -0.2) is 4.98 Å². The third-order valence-corrected chi connectivity index (χ3v) is 4.21. The number of amides is 1. The molecule has 0 unspecified atom stereocenters. The Hall–Kier alpha value is -1.59. The Morgan fingerprint density at radius 3 is 2.70 bits per heavy atom.